The molecule has 2 rings (SSSR count). The summed E-state index contributed by atoms with van der Waals surface area (Å²) in [5.41, 5.74) is 0.438. The average molecular weight is 394 g/mol. The Morgan fingerprint density at radius 2 is 1.81 bits per heavy atom. The summed E-state index contributed by atoms with van der Waals surface area (Å²) >= 11 is 0. The van der Waals surface area contributed by atoms with Crippen LogP contribution in [0.15, 0.2) is 34.9 Å². The fraction of sp³-hybridized carbons (Fsp3) is 0.500. The zero-order chi connectivity index (χ0) is 20.2. The lowest BCUT2D eigenvalue weighted by Crippen LogP contribution is -2.48. The van der Waals surface area contributed by atoms with Crippen LogP contribution < -0.4 is 4.31 Å². The van der Waals surface area contributed by atoms with Crippen LogP contribution >= 0.6 is 0 Å². The molecule has 1 aromatic carbocycles. The number of nitrogens with zero attached hydrogens (tertiary/aromatic N) is 4. The third kappa shape index (κ3) is 5.53. The predicted octanol–water partition coefficient (Wildman–Crippen LogP) is 2.08. The van der Waals surface area contributed by atoms with Crippen LogP contribution in [0.25, 0.3) is 0 Å². The molecule has 0 saturated heterocycles. The number of hydrogen-bond donors (Lipinski definition) is 0. The van der Waals surface area contributed by atoms with Crippen LogP contribution in [0.1, 0.15) is 32.5 Å². The molecule has 1 aromatic heterocycles. The zero-order valence-electron chi connectivity index (χ0n) is 16.3. The highest BCUT2D eigenvalue weighted by atomic mass is 32.2. The van der Waals surface area contributed by atoms with Crippen molar-refractivity contribution in [3.8, 4) is 0 Å². The van der Waals surface area contributed by atoms with Crippen LogP contribution in [-0.4, -0.2) is 48.7 Å². The summed E-state index contributed by atoms with van der Waals surface area (Å²) in [6.07, 6.45) is 1.75. The second-order valence-electron chi connectivity index (χ2n) is 6.97. The van der Waals surface area contributed by atoms with Gasteiger partial charge in [0.15, 0.2) is 5.82 Å². The molecule has 0 radical (unpaired) electrons. The number of sulfonamides is 1. The maximum Gasteiger partial charge on any atom is 0.246 e. The Morgan fingerprint density at radius 1 is 1.19 bits per heavy atom. The predicted molar refractivity (Wildman–Crippen MR) is 103 cm³/mol. The van der Waals surface area contributed by atoms with Gasteiger partial charge in [0, 0.05) is 13.5 Å². The second kappa shape index (κ2) is 8.51. The van der Waals surface area contributed by atoms with Gasteiger partial charge in [0.1, 0.15) is 6.04 Å². The fourth-order valence-electron chi connectivity index (χ4n) is 2.77. The molecule has 27 heavy (non-hydrogen) atoms. The Morgan fingerprint density at radius 3 is 2.37 bits per heavy atom. The molecule has 148 valence electrons. The van der Waals surface area contributed by atoms with Gasteiger partial charge >= 0.3 is 0 Å². The summed E-state index contributed by atoms with van der Waals surface area (Å²) < 4.78 is 30.9. The lowest BCUT2D eigenvalue weighted by molar-refractivity contribution is -0.131. The van der Waals surface area contributed by atoms with Crippen molar-refractivity contribution in [3.05, 3.63) is 42.0 Å². The summed E-state index contributed by atoms with van der Waals surface area (Å²) in [5, 5.41) is 3.89. The quantitative estimate of drug-likeness (QED) is 0.680. The highest BCUT2D eigenvalue weighted by Crippen LogP contribution is 2.21. The molecule has 0 N–H and O–H groups in total. The molecule has 1 unspecified atom stereocenters. The number of amides is 1. The SMILES string of the molecule is CC(C)Cc1nc(CN(C)C(=O)C(C)N(c2ccccc2)S(C)(=O)=O)no1. The van der Waals surface area contributed by atoms with E-state index in [9.17, 15) is 13.2 Å². The molecule has 0 fully saturated rings. The number of aromatic nitrogens is 2. The summed E-state index contributed by atoms with van der Waals surface area (Å²) in [4.78, 5) is 18.5. The minimum Gasteiger partial charge on any atom is -0.339 e. The van der Waals surface area contributed by atoms with Gasteiger partial charge in [0.2, 0.25) is 21.8 Å². The van der Waals surface area contributed by atoms with Gasteiger partial charge in [0.25, 0.3) is 0 Å². The van der Waals surface area contributed by atoms with Gasteiger partial charge in [-0.05, 0) is 25.0 Å². The van der Waals surface area contributed by atoms with Gasteiger partial charge in [-0.2, -0.15) is 4.98 Å². The first-order valence-electron chi connectivity index (χ1n) is 8.70. The number of rotatable bonds is 8. The molecule has 8 nitrogen and oxygen atoms in total. The van der Waals surface area contributed by atoms with Gasteiger partial charge in [0.05, 0.1) is 18.5 Å². The number of benzene rings is 1. The summed E-state index contributed by atoms with van der Waals surface area (Å²) in [6.45, 7) is 5.79. The third-order valence-corrected chi connectivity index (χ3v) is 5.17. The highest BCUT2D eigenvalue weighted by molar-refractivity contribution is 7.92. The second-order valence-corrected chi connectivity index (χ2v) is 8.83. The van der Waals surface area contributed by atoms with Gasteiger partial charge < -0.3 is 9.42 Å². The maximum atomic E-state index is 12.8. The van der Waals surface area contributed by atoms with Gasteiger partial charge in [-0.3, -0.25) is 9.10 Å². The number of likely N-dealkylation sites (N-methyl/N-ethyl adjacent to an activating group) is 1. The molecule has 0 spiro atoms. The van der Waals surface area contributed by atoms with Gasteiger partial charge in [-0.25, -0.2) is 8.42 Å². The normalized spacial score (nSPS) is 12.8. The zero-order valence-corrected chi connectivity index (χ0v) is 17.1. The first kappa shape index (κ1) is 20.9. The Balaban J connectivity index is 2.15. The average Bonchev–Trinajstić information content (AvgIpc) is 2.99. The molecule has 1 heterocycles. The minimum atomic E-state index is -3.64. The van der Waals surface area contributed by atoms with E-state index in [0.717, 1.165) is 10.6 Å². The van der Waals surface area contributed by atoms with E-state index in [0.29, 0.717) is 29.7 Å². The molecule has 9 heteroatoms. The van der Waals surface area contributed by atoms with Crippen LogP contribution in [-0.2, 0) is 27.8 Å². The van der Waals surface area contributed by atoms with Crippen molar-refractivity contribution < 1.29 is 17.7 Å². The van der Waals surface area contributed by atoms with Gasteiger partial charge in [-0.1, -0.05) is 37.2 Å². The summed E-state index contributed by atoms with van der Waals surface area (Å²) in [7, 11) is -2.06. The van der Waals surface area contributed by atoms with Crippen molar-refractivity contribution in [3.63, 3.8) is 0 Å². The Hall–Kier alpha value is -2.42. The van der Waals surface area contributed by atoms with Gasteiger partial charge in [-0.15, -0.1) is 0 Å². The number of para-hydroxylation sites is 1. The van der Waals surface area contributed by atoms with Crippen LogP contribution in [0.2, 0.25) is 0 Å². The molecule has 2 aromatic rings. The molecule has 0 aliphatic rings. The van der Waals surface area contributed by atoms with E-state index < -0.39 is 16.1 Å². The Kier molecular flexibility index (Phi) is 6.59. The molecule has 1 amide bonds. The first-order valence-corrected chi connectivity index (χ1v) is 10.5. The van der Waals surface area contributed by atoms with E-state index in [1.54, 1.807) is 44.3 Å². The highest BCUT2D eigenvalue weighted by Gasteiger charge is 2.31. The summed E-state index contributed by atoms with van der Waals surface area (Å²) in [6, 6.07) is 7.64. The molecule has 0 bridgehead atoms. The molecule has 1 atom stereocenters. The Labute approximate surface area is 160 Å². The lowest BCUT2D eigenvalue weighted by Gasteiger charge is -2.30. The Bertz CT molecular complexity index is 864. The largest absolute Gasteiger partial charge is 0.339 e. The minimum absolute atomic E-state index is 0.136. The lowest BCUT2D eigenvalue weighted by atomic mass is 10.1. The molecule has 0 saturated carbocycles. The fourth-order valence-corrected chi connectivity index (χ4v) is 3.94. The van der Waals surface area contributed by atoms with Crippen LogP contribution in [0, 0.1) is 5.92 Å². The van der Waals surface area contributed by atoms with E-state index in [1.165, 1.54) is 4.90 Å². The van der Waals surface area contributed by atoms with Crippen LogP contribution in [0.3, 0.4) is 0 Å². The smallest absolute Gasteiger partial charge is 0.246 e. The number of hydrogen-bond acceptors (Lipinski definition) is 6. The standard InChI is InChI=1S/C18H26N4O4S/c1-13(2)11-17-19-16(20-26-17)12-21(4)18(23)14(3)22(27(5,24)25)15-9-7-6-8-10-15/h6-10,13-14H,11-12H2,1-5H3. The van der Waals surface area contributed by atoms with E-state index in [2.05, 4.69) is 10.1 Å². The van der Waals surface area contributed by atoms with E-state index >= 15 is 0 Å². The van der Waals surface area contributed by atoms with Crippen molar-refractivity contribution in [2.75, 3.05) is 17.6 Å². The van der Waals surface area contributed by atoms with Crippen LogP contribution in [0.5, 0.6) is 0 Å². The van der Waals surface area contributed by atoms with E-state index in [4.69, 9.17) is 4.52 Å². The summed E-state index contributed by atoms with van der Waals surface area (Å²) in [5.74, 6) is 0.932. The van der Waals surface area contributed by atoms with Crippen LogP contribution in [0.4, 0.5) is 5.69 Å². The monoisotopic (exact) mass is 394 g/mol. The van der Waals surface area contributed by atoms with Crippen molar-refractivity contribution in [2.24, 2.45) is 5.92 Å². The topological polar surface area (TPSA) is 96.6 Å². The first-order chi connectivity index (χ1) is 12.6. The molecular weight excluding hydrogens is 368 g/mol. The van der Waals surface area contributed by atoms with Crippen molar-refractivity contribution >= 4 is 21.6 Å². The number of carbonyl (C=O) groups excluding carboxylic acids is 1. The maximum absolute atomic E-state index is 12.8. The van der Waals surface area contributed by atoms with Crippen molar-refractivity contribution in [1.29, 1.82) is 0 Å². The van der Waals surface area contributed by atoms with Crippen molar-refractivity contribution in [1.82, 2.24) is 15.0 Å². The molecule has 0 aliphatic heterocycles. The van der Waals surface area contributed by atoms with E-state index in [1.807, 2.05) is 13.8 Å². The number of carbonyl (C=O) groups is 1. The molecular formula is C18H26N4O4S. The number of anilines is 1. The molecule has 0 aliphatic carbocycles. The van der Waals surface area contributed by atoms with E-state index in [-0.39, 0.29) is 12.5 Å². The third-order valence-electron chi connectivity index (χ3n) is 3.92. The van der Waals surface area contributed by atoms with Crippen molar-refractivity contribution in [2.45, 2.75) is 39.8 Å².